The third-order valence-corrected chi connectivity index (χ3v) is 3.21. The topological polar surface area (TPSA) is 49.4 Å². The van der Waals surface area contributed by atoms with Crippen molar-refractivity contribution in [2.24, 2.45) is 5.41 Å². The highest BCUT2D eigenvalue weighted by Crippen LogP contribution is 2.22. The molecule has 0 radical (unpaired) electrons. The van der Waals surface area contributed by atoms with Crippen LogP contribution in [0.15, 0.2) is 0 Å². The van der Waals surface area contributed by atoms with E-state index < -0.39 is 0 Å². The van der Waals surface area contributed by atoms with Crippen molar-refractivity contribution in [1.82, 2.24) is 10.2 Å². The van der Waals surface area contributed by atoms with Gasteiger partial charge in [-0.25, -0.2) is 0 Å². The Hall–Kier alpha value is -0.900. The fraction of sp³-hybridized carbons (Fsp3) is 0.846. The summed E-state index contributed by atoms with van der Waals surface area (Å²) in [5, 5.41) is 3.43. The molecule has 0 spiro atoms. The minimum absolute atomic E-state index is 0.0254. The van der Waals surface area contributed by atoms with Gasteiger partial charge in [0.1, 0.15) is 0 Å². The van der Waals surface area contributed by atoms with Gasteiger partial charge in [-0.05, 0) is 18.4 Å². The highest BCUT2D eigenvalue weighted by atomic mass is 16.2. The molecule has 1 fully saturated rings. The van der Waals surface area contributed by atoms with E-state index in [0.29, 0.717) is 19.4 Å². The number of carbonyl (C=O) groups excluding carboxylic acids is 2. The Morgan fingerprint density at radius 1 is 1.24 bits per heavy atom. The van der Waals surface area contributed by atoms with Crippen LogP contribution in [0.4, 0.5) is 0 Å². The van der Waals surface area contributed by atoms with Gasteiger partial charge in [-0.15, -0.1) is 0 Å². The van der Waals surface area contributed by atoms with Crippen LogP contribution in [-0.4, -0.2) is 35.8 Å². The van der Waals surface area contributed by atoms with Crippen LogP contribution >= 0.6 is 0 Å². The average Bonchev–Trinajstić information content (AvgIpc) is 2.53. The molecular weight excluding hydrogens is 216 g/mol. The summed E-state index contributed by atoms with van der Waals surface area (Å²) in [4.78, 5) is 24.6. The number of amides is 2. The Morgan fingerprint density at radius 3 is 2.18 bits per heavy atom. The molecule has 98 valence electrons. The minimum atomic E-state index is -0.0254. The molecule has 1 N–H and O–H groups in total. The number of carbonyl (C=O) groups is 2. The second kappa shape index (κ2) is 5.63. The summed E-state index contributed by atoms with van der Waals surface area (Å²) in [6, 6.07) is 0.161. The summed E-state index contributed by atoms with van der Waals surface area (Å²) in [5.41, 5.74) is 0.0400. The molecule has 0 aromatic heterocycles. The van der Waals surface area contributed by atoms with Gasteiger partial charge in [0.2, 0.25) is 11.8 Å². The van der Waals surface area contributed by atoms with E-state index in [-0.39, 0.29) is 23.3 Å². The maximum atomic E-state index is 11.6. The van der Waals surface area contributed by atoms with Gasteiger partial charge < -0.3 is 5.32 Å². The minimum Gasteiger partial charge on any atom is -0.312 e. The molecule has 2 amide bonds. The molecule has 1 aliphatic heterocycles. The first-order valence-corrected chi connectivity index (χ1v) is 6.43. The number of hydrogen-bond donors (Lipinski definition) is 1. The van der Waals surface area contributed by atoms with Crippen molar-refractivity contribution in [3.05, 3.63) is 0 Å². The predicted octanol–water partition coefficient (Wildman–Crippen LogP) is 1.55. The number of likely N-dealkylation sites (tertiary alicyclic amines) is 1. The maximum Gasteiger partial charge on any atom is 0.229 e. The summed E-state index contributed by atoms with van der Waals surface area (Å²) in [7, 11) is 0. The number of hydrogen-bond acceptors (Lipinski definition) is 3. The Labute approximate surface area is 104 Å². The molecule has 0 aliphatic carbocycles. The van der Waals surface area contributed by atoms with Crippen LogP contribution < -0.4 is 5.32 Å². The third kappa shape index (κ3) is 3.80. The Morgan fingerprint density at radius 2 is 1.76 bits per heavy atom. The molecule has 1 heterocycles. The van der Waals surface area contributed by atoms with Crippen molar-refractivity contribution in [1.29, 1.82) is 0 Å². The van der Waals surface area contributed by atoms with Crippen molar-refractivity contribution in [3.8, 4) is 0 Å². The van der Waals surface area contributed by atoms with Gasteiger partial charge >= 0.3 is 0 Å². The Balaban J connectivity index is 2.65. The van der Waals surface area contributed by atoms with Crippen molar-refractivity contribution < 1.29 is 9.59 Å². The highest BCUT2D eigenvalue weighted by molar-refractivity contribution is 6.01. The second-order valence-corrected chi connectivity index (χ2v) is 5.77. The molecule has 4 heteroatoms. The van der Waals surface area contributed by atoms with E-state index in [4.69, 9.17) is 0 Å². The first-order chi connectivity index (χ1) is 7.86. The standard InChI is InChI=1S/C13H24N2O2/c1-5-8-14-10(13(2,3)4)9-15-11(16)6-7-12(15)17/h10,14H,5-9H2,1-4H3. The Bertz CT molecular complexity index is 278. The number of rotatable bonds is 5. The van der Waals surface area contributed by atoms with Gasteiger partial charge in [0, 0.05) is 25.4 Å². The van der Waals surface area contributed by atoms with Crippen LogP contribution in [-0.2, 0) is 9.59 Å². The van der Waals surface area contributed by atoms with Gasteiger partial charge in [0.15, 0.2) is 0 Å². The van der Waals surface area contributed by atoms with E-state index in [0.717, 1.165) is 13.0 Å². The first-order valence-electron chi connectivity index (χ1n) is 6.43. The molecule has 1 saturated heterocycles. The van der Waals surface area contributed by atoms with Gasteiger partial charge in [0.25, 0.3) is 0 Å². The zero-order valence-electron chi connectivity index (χ0n) is 11.4. The molecular formula is C13H24N2O2. The largest absolute Gasteiger partial charge is 0.312 e. The lowest BCUT2D eigenvalue weighted by Crippen LogP contribution is -2.50. The smallest absolute Gasteiger partial charge is 0.229 e. The highest BCUT2D eigenvalue weighted by Gasteiger charge is 2.34. The lowest BCUT2D eigenvalue weighted by atomic mass is 9.86. The average molecular weight is 240 g/mol. The summed E-state index contributed by atoms with van der Waals surface area (Å²) in [6.45, 7) is 9.92. The van der Waals surface area contributed by atoms with Crippen LogP contribution in [0.1, 0.15) is 47.0 Å². The SMILES string of the molecule is CCCNC(CN1C(=O)CCC1=O)C(C)(C)C. The van der Waals surface area contributed by atoms with E-state index in [2.05, 4.69) is 33.0 Å². The molecule has 0 bridgehead atoms. The van der Waals surface area contributed by atoms with Crippen LogP contribution in [0.3, 0.4) is 0 Å². The number of imide groups is 1. The zero-order chi connectivity index (χ0) is 13.1. The Kier molecular flexibility index (Phi) is 4.69. The van der Waals surface area contributed by atoms with Crippen molar-refractivity contribution in [2.45, 2.75) is 53.0 Å². The molecule has 0 aromatic carbocycles. The van der Waals surface area contributed by atoms with E-state index in [1.165, 1.54) is 4.90 Å². The maximum absolute atomic E-state index is 11.6. The third-order valence-electron chi connectivity index (χ3n) is 3.21. The van der Waals surface area contributed by atoms with E-state index in [1.54, 1.807) is 0 Å². The van der Waals surface area contributed by atoms with Crippen molar-refractivity contribution >= 4 is 11.8 Å². The van der Waals surface area contributed by atoms with Crippen LogP contribution in [0.5, 0.6) is 0 Å². The molecule has 0 aromatic rings. The monoisotopic (exact) mass is 240 g/mol. The second-order valence-electron chi connectivity index (χ2n) is 5.77. The molecule has 0 saturated carbocycles. The molecule has 1 aliphatic rings. The van der Waals surface area contributed by atoms with E-state index >= 15 is 0 Å². The van der Waals surface area contributed by atoms with E-state index in [9.17, 15) is 9.59 Å². The van der Waals surface area contributed by atoms with Gasteiger partial charge in [-0.1, -0.05) is 27.7 Å². The van der Waals surface area contributed by atoms with Crippen LogP contribution in [0.2, 0.25) is 0 Å². The van der Waals surface area contributed by atoms with Gasteiger partial charge in [-0.3, -0.25) is 14.5 Å². The number of nitrogens with one attached hydrogen (secondary N) is 1. The summed E-state index contributed by atoms with van der Waals surface area (Å²) >= 11 is 0. The molecule has 1 atom stereocenters. The summed E-state index contributed by atoms with van der Waals surface area (Å²) in [6.07, 6.45) is 1.81. The van der Waals surface area contributed by atoms with Gasteiger partial charge in [0.05, 0.1) is 0 Å². The fourth-order valence-electron chi connectivity index (χ4n) is 1.97. The molecule has 17 heavy (non-hydrogen) atoms. The van der Waals surface area contributed by atoms with Gasteiger partial charge in [-0.2, -0.15) is 0 Å². The quantitative estimate of drug-likeness (QED) is 0.742. The molecule has 1 unspecified atom stereocenters. The first kappa shape index (κ1) is 14.2. The molecule has 1 rings (SSSR count). The lowest BCUT2D eigenvalue weighted by molar-refractivity contribution is -0.139. The van der Waals surface area contributed by atoms with Crippen LogP contribution in [0.25, 0.3) is 0 Å². The lowest BCUT2D eigenvalue weighted by Gasteiger charge is -2.34. The van der Waals surface area contributed by atoms with E-state index in [1.807, 2.05) is 0 Å². The van der Waals surface area contributed by atoms with Crippen LogP contribution in [0, 0.1) is 5.41 Å². The summed E-state index contributed by atoms with van der Waals surface area (Å²) in [5.74, 6) is -0.0508. The zero-order valence-corrected chi connectivity index (χ0v) is 11.4. The number of nitrogens with zero attached hydrogens (tertiary/aromatic N) is 1. The normalized spacial score (nSPS) is 18.9. The fourth-order valence-corrected chi connectivity index (χ4v) is 1.97. The summed E-state index contributed by atoms with van der Waals surface area (Å²) < 4.78 is 0. The van der Waals surface area contributed by atoms with Crippen molar-refractivity contribution in [3.63, 3.8) is 0 Å². The predicted molar refractivity (Wildman–Crippen MR) is 67.5 cm³/mol. The van der Waals surface area contributed by atoms with Crippen molar-refractivity contribution in [2.75, 3.05) is 13.1 Å². The molecule has 4 nitrogen and oxygen atoms in total.